The molecule has 2 aromatic rings. The zero-order valence-corrected chi connectivity index (χ0v) is 11.7. The molecule has 1 aromatic carbocycles. The molecule has 0 saturated heterocycles. The minimum absolute atomic E-state index is 0. The van der Waals surface area contributed by atoms with Gasteiger partial charge < -0.3 is 15.0 Å². The molecule has 1 aliphatic rings. The topological polar surface area (TPSA) is 54.3 Å². The number of aliphatic carboxylic acids is 1. The molecule has 2 N–H and O–H groups in total. The first-order valence-electron chi connectivity index (χ1n) is 5.89. The van der Waals surface area contributed by atoms with E-state index in [4.69, 9.17) is 16.7 Å². The van der Waals surface area contributed by atoms with Crippen molar-refractivity contribution in [2.75, 3.05) is 6.54 Å². The van der Waals surface area contributed by atoms with Crippen LogP contribution in [-0.4, -0.2) is 22.2 Å². The highest BCUT2D eigenvalue weighted by Gasteiger charge is 2.20. The second-order valence-electron chi connectivity index (χ2n) is 4.49. The van der Waals surface area contributed by atoms with Gasteiger partial charge in [-0.1, -0.05) is 17.7 Å². The summed E-state index contributed by atoms with van der Waals surface area (Å²) in [7, 11) is 0. The van der Waals surface area contributed by atoms with Gasteiger partial charge in [-0.05, 0) is 17.7 Å². The van der Waals surface area contributed by atoms with E-state index in [1.807, 2.05) is 22.8 Å². The molecule has 19 heavy (non-hydrogen) atoms. The number of carboxylic acids is 1. The molecule has 0 spiro atoms. The number of nitrogens with zero attached hydrogens (tertiary/aromatic N) is 1. The van der Waals surface area contributed by atoms with Crippen molar-refractivity contribution in [3.63, 3.8) is 0 Å². The molecule has 3 rings (SSSR count). The number of hydrogen-bond donors (Lipinski definition) is 2. The van der Waals surface area contributed by atoms with Gasteiger partial charge in [0.15, 0.2) is 0 Å². The fourth-order valence-electron chi connectivity index (χ4n) is 2.67. The van der Waals surface area contributed by atoms with Crippen molar-refractivity contribution < 1.29 is 9.90 Å². The number of fused-ring (bicyclic) bond motifs is 3. The predicted molar refractivity (Wildman–Crippen MR) is 77.2 cm³/mol. The Morgan fingerprint density at radius 2 is 2.26 bits per heavy atom. The highest BCUT2D eigenvalue weighted by Crippen LogP contribution is 2.30. The third kappa shape index (κ3) is 2.43. The second kappa shape index (κ2) is 5.41. The van der Waals surface area contributed by atoms with Gasteiger partial charge in [0.25, 0.3) is 0 Å². The number of hydrogen-bond acceptors (Lipinski definition) is 2. The average molecular weight is 301 g/mol. The molecule has 102 valence electrons. The van der Waals surface area contributed by atoms with Crippen molar-refractivity contribution in [1.82, 2.24) is 9.88 Å². The standard InChI is InChI=1S/C13H13ClN2O2.ClH/c14-8-1-2-9-10-6-15-4-3-11(10)16(7-13(17)18)12(9)5-8;/h1-2,5,15H,3-4,6-7H2,(H,17,18);1H. The lowest BCUT2D eigenvalue weighted by Gasteiger charge is -2.16. The molecule has 0 saturated carbocycles. The van der Waals surface area contributed by atoms with Gasteiger partial charge in [-0.15, -0.1) is 12.4 Å². The minimum atomic E-state index is -0.826. The van der Waals surface area contributed by atoms with Crippen LogP contribution < -0.4 is 5.32 Å². The number of aromatic nitrogens is 1. The van der Waals surface area contributed by atoms with Crippen LogP contribution in [0.5, 0.6) is 0 Å². The lowest BCUT2D eigenvalue weighted by Crippen LogP contribution is -2.25. The molecular formula is C13H14Cl2N2O2. The summed E-state index contributed by atoms with van der Waals surface area (Å²) in [6.45, 7) is 1.67. The Kier molecular flexibility index (Phi) is 4.04. The second-order valence-corrected chi connectivity index (χ2v) is 4.93. The number of carbonyl (C=O) groups is 1. The summed E-state index contributed by atoms with van der Waals surface area (Å²) in [4.78, 5) is 11.0. The normalized spacial score (nSPS) is 13.9. The SMILES string of the molecule is Cl.O=C(O)Cn1c2c(c3ccc(Cl)cc31)CNCC2. The highest BCUT2D eigenvalue weighted by molar-refractivity contribution is 6.31. The Bertz CT molecular complexity index is 637. The smallest absolute Gasteiger partial charge is 0.323 e. The first kappa shape index (κ1) is 14.2. The van der Waals surface area contributed by atoms with Gasteiger partial charge >= 0.3 is 5.97 Å². The molecule has 0 unspecified atom stereocenters. The first-order valence-corrected chi connectivity index (χ1v) is 6.26. The lowest BCUT2D eigenvalue weighted by molar-refractivity contribution is -0.137. The van der Waals surface area contributed by atoms with Gasteiger partial charge in [-0.25, -0.2) is 0 Å². The summed E-state index contributed by atoms with van der Waals surface area (Å²) in [6.07, 6.45) is 0.856. The fraction of sp³-hybridized carbons (Fsp3) is 0.308. The van der Waals surface area contributed by atoms with Gasteiger partial charge in [-0.2, -0.15) is 0 Å². The molecule has 2 heterocycles. The Labute approximate surface area is 121 Å². The summed E-state index contributed by atoms with van der Waals surface area (Å²) in [5.41, 5.74) is 3.24. The van der Waals surface area contributed by atoms with Crippen LogP contribution in [-0.2, 0) is 24.3 Å². The van der Waals surface area contributed by atoms with Crippen LogP contribution in [0.2, 0.25) is 5.02 Å². The largest absolute Gasteiger partial charge is 0.480 e. The summed E-state index contributed by atoms with van der Waals surface area (Å²) < 4.78 is 1.87. The van der Waals surface area contributed by atoms with E-state index in [1.165, 1.54) is 5.56 Å². The molecular weight excluding hydrogens is 287 g/mol. The van der Waals surface area contributed by atoms with Crippen molar-refractivity contribution >= 4 is 40.9 Å². The van der Waals surface area contributed by atoms with E-state index in [2.05, 4.69) is 5.32 Å². The third-order valence-electron chi connectivity index (χ3n) is 3.38. The summed E-state index contributed by atoms with van der Waals surface area (Å²) in [5.74, 6) is -0.826. The van der Waals surface area contributed by atoms with E-state index >= 15 is 0 Å². The van der Waals surface area contributed by atoms with Gasteiger partial charge in [-0.3, -0.25) is 4.79 Å². The van der Waals surface area contributed by atoms with E-state index in [0.717, 1.165) is 36.1 Å². The summed E-state index contributed by atoms with van der Waals surface area (Å²) >= 11 is 6.01. The van der Waals surface area contributed by atoms with E-state index < -0.39 is 5.97 Å². The third-order valence-corrected chi connectivity index (χ3v) is 3.62. The molecule has 0 fully saturated rings. The van der Waals surface area contributed by atoms with Crippen LogP contribution in [0.4, 0.5) is 0 Å². The van der Waals surface area contributed by atoms with Crippen molar-refractivity contribution in [1.29, 1.82) is 0 Å². The van der Waals surface area contributed by atoms with Crippen LogP contribution >= 0.6 is 24.0 Å². The van der Waals surface area contributed by atoms with Crippen LogP contribution in [0, 0.1) is 0 Å². The van der Waals surface area contributed by atoms with Crippen molar-refractivity contribution in [3.05, 3.63) is 34.5 Å². The van der Waals surface area contributed by atoms with Crippen molar-refractivity contribution in [2.45, 2.75) is 19.5 Å². The predicted octanol–water partition coefficient (Wildman–Crippen LogP) is 2.45. The number of carboxylic acid groups (broad SMARTS) is 1. The van der Waals surface area contributed by atoms with E-state index in [-0.39, 0.29) is 19.0 Å². The molecule has 4 nitrogen and oxygen atoms in total. The van der Waals surface area contributed by atoms with E-state index in [0.29, 0.717) is 5.02 Å². The van der Waals surface area contributed by atoms with Gasteiger partial charge in [0.05, 0.1) is 5.52 Å². The maximum absolute atomic E-state index is 11.0. The minimum Gasteiger partial charge on any atom is -0.480 e. The van der Waals surface area contributed by atoms with Crippen LogP contribution in [0.25, 0.3) is 10.9 Å². The van der Waals surface area contributed by atoms with Crippen LogP contribution in [0.1, 0.15) is 11.3 Å². The monoisotopic (exact) mass is 300 g/mol. The highest BCUT2D eigenvalue weighted by atomic mass is 35.5. The Morgan fingerprint density at radius 1 is 1.47 bits per heavy atom. The zero-order chi connectivity index (χ0) is 12.7. The van der Waals surface area contributed by atoms with E-state index in [9.17, 15) is 4.79 Å². The Hall–Kier alpha value is -1.23. The van der Waals surface area contributed by atoms with Gasteiger partial charge in [0.2, 0.25) is 0 Å². The number of rotatable bonds is 2. The number of halogens is 2. The molecule has 0 radical (unpaired) electrons. The molecule has 1 aliphatic heterocycles. The van der Waals surface area contributed by atoms with Gasteiger partial charge in [0.1, 0.15) is 6.54 Å². The summed E-state index contributed by atoms with van der Waals surface area (Å²) in [5, 5.41) is 14.1. The first-order chi connectivity index (χ1) is 8.66. The lowest BCUT2D eigenvalue weighted by atomic mass is 10.1. The van der Waals surface area contributed by atoms with E-state index in [1.54, 1.807) is 0 Å². The van der Waals surface area contributed by atoms with Crippen molar-refractivity contribution in [3.8, 4) is 0 Å². The Balaban J connectivity index is 0.00000133. The summed E-state index contributed by atoms with van der Waals surface area (Å²) in [6, 6.07) is 5.67. The average Bonchev–Trinajstić information content (AvgIpc) is 2.63. The fourth-order valence-corrected chi connectivity index (χ4v) is 2.83. The molecule has 0 bridgehead atoms. The van der Waals surface area contributed by atoms with Crippen LogP contribution in [0.3, 0.4) is 0 Å². The molecule has 0 aliphatic carbocycles. The maximum Gasteiger partial charge on any atom is 0.323 e. The van der Waals surface area contributed by atoms with Crippen LogP contribution in [0.15, 0.2) is 18.2 Å². The quantitative estimate of drug-likeness (QED) is 0.896. The maximum atomic E-state index is 11.0. The molecule has 6 heteroatoms. The Morgan fingerprint density at radius 3 is 3.00 bits per heavy atom. The number of benzene rings is 1. The zero-order valence-electron chi connectivity index (χ0n) is 10.1. The van der Waals surface area contributed by atoms with Crippen molar-refractivity contribution in [2.24, 2.45) is 0 Å². The number of nitrogens with one attached hydrogen (secondary N) is 1. The molecule has 0 amide bonds. The molecule has 1 aromatic heterocycles. The van der Waals surface area contributed by atoms with Gasteiger partial charge in [0, 0.05) is 35.6 Å². The molecule has 0 atom stereocenters.